The Morgan fingerprint density at radius 1 is 1.38 bits per heavy atom. The minimum absolute atomic E-state index is 0.239. The minimum Gasteiger partial charge on any atom is -0.298 e. The molecule has 2 rings (SSSR count). The van der Waals surface area contributed by atoms with Crippen LogP contribution in [0, 0.1) is 22.7 Å². The van der Waals surface area contributed by atoms with Crippen LogP contribution in [0.4, 0.5) is 0 Å². The van der Waals surface area contributed by atoms with E-state index >= 15 is 0 Å². The largest absolute Gasteiger partial charge is 0.298 e. The van der Waals surface area contributed by atoms with Gasteiger partial charge in [-0.3, -0.25) is 14.4 Å². The van der Waals surface area contributed by atoms with Crippen LogP contribution in [0.5, 0.6) is 0 Å². The van der Waals surface area contributed by atoms with Gasteiger partial charge in [0.15, 0.2) is 17.3 Å². The molecule has 108 valence electrons. The number of hydrogen-bond donors (Lipinski definition) is 0. The molecule has 0 heterocycles. The van der Waals surface area contributed by atoms with Crippen molar-refractivity contribution < 1.29 is 14.4 Å². The van der Waals surface area contributed by atoms with Gasteiger partial charge in [-0.25, -0.2) is 0 Å². The van der Waals surface area contributed by atoms with Gasteiger partial charge in [0.25, 0.3) is 0 Å². The van der Waals surface area contributed by atoms with E-state index in [2.05, 4.69) is 15.9 Å². The van der Waals surface area contributed by atoms with Crippen molar-refractivity contribution in [2.75, 3.05) is 0 Å². The highest BCUT2D eigenvalue weighted by Gasteiger charge is 2.46. The summed E-state index contributed by atoms with van der Waals surface area (Å²) in [5.41, 5.74) is 0.00582. The Kier molecular flexibility index (Phi) is 4.11. The maximum absolute atomic E-state index is 12.6. The molecule has 0 bridgehead atoms. The van der Waals surface area contributed by atoms with Gasteiger partial charge in [-0.2, -0.15) is 5.26 Å². The van der Waals surface area contributed by atoms with Gasteiger partial charge in [-0.05, 0) is 24.6 Å². The lowest BCUT2D eigenvalue weighted by atomic mass is 9.68. The zero-order chi connectivity index (χ0) is 15.8. The van der Waals surface area contributed by atoms with Crippen molar-refractivity contribution in [1.82, 2.24) is 0 Å². The second-order valence-electron chi connectivity index (χ2n) is 5.82. The summed E-state index contributed by atoms with van der Waals surface area (Å²) >= 11 is 3.23. The minimum atomic E-state index is -1.22. The van der Waals surface area contributed by atoms with E-state index in [0.717, 1.165) is 0 Å². The first-order chi connectivity index (χ1) is 9.77. The van der Waals surface area contributed by atoms with E-state index in [-0.39, 0.29) is 23.6 Å². The molecular formula is C16H14BrNO3. The molecule has 1 unspecified atom stereocenters. The van der Waals surface area contributed by atoms with Gasteiger partial charge >= 0.3 is 0 Å². The topological polar surface area (TPSA) is 75.0 Å². The molecule has 1 atom stereocenters. The van der Waals surface area contributed by atoms with Crippen LogP contribution in [-0.2, 0) is 9.59 Å². The summed E-state index contributed by atoms with van der Waals surface area (Å²) in [4.78, 5) is 37.0. The normalized spacial score (nSPS) is 21.0. The highest BCUT2D eigenvalue weighted by atomic mass is 79.9. The average Bonchev–Trinajstić information content (AvgIpc) is 2.43. The number of hydrogen-bond acceptors (Lipinski definition) is 4. The Morgan fingerprint density at radius 2 is 2.05 bits per heavy atom. The third-order valence-electron chi connectivity index (χ3n) is 3.87. The van der Waals surface area contributed by atoms with E-state index in [4.69, 9.17) is 5.26 Å². The van der Waals surface area contributed by atoms with E-state index in [9.17, 15) is 14.4 Å². The van der Waals surface area contributed by atoms with Crippen LogP contribution in [0.2, 0.25) is 0 Å². The third-order valence-corrected chi connectivity index (χ3v) is 4.53. The molecular weight excluding hydrogens is 334 g/mol. The number of halogens is 1. The maximum Gasteiger partial charge on any atom is 0.181 e. The van der Waals surface area contributed by atoms with Gasteiger partial charge in [0.2, 0.25) is 0 Å². The van der Waals surface area contributed by atoms with Gasteiger partial charge in [-0.1, -0.05) is 29.8 Å². The third kappa shape index (κ3) is 2.81. The van der Waals surface area contributed by atoms with E-state index in [1.807, 2.05) is 6.07 Å². The predicted octanol–water partition coefficient (Wildman–Crippen LogP) is 3.08. The molecule has 0 aliphatic heterocycles. The number of carbonyl (C=O) groups excluding carboxylic acids is 3. The van der Waals surface area contributed by atoms with Crippen molar-refractivity contribution in [2.45, 2.75) is 26.7 Å². The van der Waals surface area contributed by atoms with Crippen molar-refractivity contribution in [1.29, 1.82) is 5.26 Å². The standard InChI is InChI=1S/C16H14BrNO3/c1-16(2)6-5-12(19)13(15(16)21)14(20)10-4-3-9(8-18)7-11(10)17/h3-4,7,13H,5-6H2,1-2H3. The SMILES string of the molecule is CC1(C)CCC(=O)C(C(=O)c2ccc(C#N)cc2Br)C1=O. The van der Waals surface area contributed by atoms with Crippen LogP contribution in [0.1, 0.15) is 42.6 Å². The molecule has 1 fully saturated rings. The number of carbonyl (C=O) groups is 3. The molecule has 1 aliphatic rings. The first-order valence-corrected chi connectivity index (χ1v) is 7.38. The van der Waals surface area contributed by atoms with Gasteiger partial charge < -0.3 is 0 Å². The lowest BCUT2D eigenvalue weighted by Gasteiger charge is -2.31. The summed E-state index contributed by atoms with van der Waals surface area (Å²) in [5, 5.41) is 8.83. The lowest BCUT2D eigenvalue weighted by molar-refractivity contribution is -0.140. The number of nitrogens with zero attached hydrogens (tertiary/aromatic N) is 1. The molecule has 0 amide bonds. The fourth-order valence-corrected chi connectivity index (χ4v) is 3.02. The Labute approximate surface area is 131 Å². The zero-order valence-corrected chi connectivity index (χ0v) is 13.4. The van der Waals surface area contributed by atoms with E-state index in [1.54, 1.807) is 13.8 Å². The summed E-state index contributed by atoms with van der Waals surface area (Å²) in [7, 11) is 0. The molecule has 0 spiro atoms. The Morgan fingerprint density at radius 3 is 2.62 bits per heavy atom. The number of rotatable bonds is 2. The van der Waals surface area contributed by atoms with Crippen molar-refractivity contribution in [3.63, 3.8) is 0 Å². The molecule has 0 radical (unpaired) electrons. The molecule has 0 aromatic heterocycles. The Bertz CT molecular complexity index is 685. The molecule has 0 saturated heterocycles. The van der Waals surface area contributed by atoms with Gasteiger partial charge in [-0.15, -0.1) is 0 Å². The number of benzene rings is 1. The number of Topliss-reactive ketones (excluding diaryl/α,β-unsaturated/α-hetero) is 3. The first kappa shape index (κ1) is 15.6. The fourth-order valence-electron chi connectivity index (χ4n) is 2.45. The van der Waals surface area contributed by atoms with Gasteiger partial charge in [0, 0.05) is 21.9 Å². The highest BCUT2D eigenvalue weighted by Crippen LogP contribution is 2.36. The van der Waals surface area contributed by atoms with Crippen molar-refractivity contribution in [2.24, 2.45) is 11.3 Å². The predicted molar refractivity (Wildman–Crippen MR) is 79.7 cm³/mol. The number of nitriles is 1. The quantitative estimate of drug-likeness (QED) is 0.608. The zero-order valence-electron chi connectivity index (χ0n) is 11.8. The summed E-state index contributed by atoms with van der Waals surface area (Å²) in [6, 6.07) is 6.46. The van der Waals surface area contributed by atoms with Crippen LogP contribution in [0.3, 0.4) is 0 Å². The summed E-state index contributed by atoms with van der Waals surface area (Å²) in [6.45, 7) is 3.52. The molecule has 1 aliphatic carbocycles. The van der Waals surface area contributed by atoms with Crippen molar-refractivity contribution >= 4 is 33.3 Å². The van der Waals surface area contributed by atoms with Gasteiger partial charge in [0.05, 0.1) is 11.6 Å². The van der Waals surface area contributed by atoms with Crippen LogP contribution in [0.15, 0.2) is 22.7 Å². The Hall–Kier alpha value is -1.80. The van der Waals surface area contributed by atoms with E-state index in [0.29, 0.717) is 16.5 Å². The lowest BCUT2D eigenvalue weighted by Crippen LogP contribution is -2.44. The van der Waals surface area contributed by atoms with Gasteiger partial charge in [0.1, 0.15) is 5.92 Å². The van der Waals surface area contributed by atoms with Crippen molar-refractivity contribution in [3.05, 3.63) is 33.8 Å². The molecule has 1 aromatic rings. The molecule has 0 N–H and O–H groups in total. The molecule has 1 saturated carbocycles. The second kappa shape index (κ2) is 5.53. The van der Waals surface area contributed by atoms with Crippen LogP contribution in [0.25, 0.3) is 0 Å². The molecule has 4 nitrogen and oxygen atoms in total. The maximum atomic E-state index is 12.6. The monoisotopic (exact) mass is 347 g/mol. The highest BCUT2D eigenvalue weighted by molar-refractivity contribution is 9.10. The van der Waals surface area contributed by atoms with Crippen molar-refractivity contribution in [3.8, 4) is 6.07 Å². The molecule has 5 heteroatoms. The smallest absolute Gasteiger partial charge is 0.181 e. The average molecular weight is 348 g/mol. The fraction of sp³-hybridized carbons (Fsp3) is 0.375. The van der Waals surface area contributed by atoms with Crippen LogP contribution >= 0.6 is 15.9 Å². The molecule has 1 aromatic carbocycles. The first-order valence-electron chi connectivity index (χ1n) is 6.59. The van der Waals surface area contributed by atoms with E-state index < -0.39 is 17.1 Å². The summed E-state index contributed by atoms with van der Waals surface area (Å²) in [5.74, 6) is -2.35. The number of ketones is 3. The Balaban J connectivity index is 2.41. The molecule has 21 heavy (non-hydrogen) atoms. The summed E-state index contributed by atoms with van der Waals surface area (Å²) in [6.07, 6.45) is 0.714. The van der Waals surface area contributed by atoms with Crippen LogP contribution in [-0.4, -0.2) is 17.3 Å². The van der Waals surface area contributed by atoms with E-state index in [1.165, 1.54) is 18.2 Å². The second-order valence-corrected chi connectivity index (χ2v) is 6.67. The van der Waals surface area contributed by atoms with Crippen LogP contribution < -0.4 is 0 Å². The summed E-state index contributed by atoms with van der Waals surface area (Å²) < 4.78 is 0.426.